The Morgan fingerprint density at radius 2 is 2.00 bits per heavy atom. The summed E-state index contributed by atoms with van der Waals surface area (Å²) in [7, 11) is 0. The minimum atomic E-state index is 0.121. The van der Waals surface area contributed by atoms with Gasteiger partial charge in [0.25, 0.3) is 0 Å². The van der Waals surface area contributed by atoms with Crippen LogP contribution in [0.1, 0.15) is 58.3 Å². The van der Waals surface area contributed by atoms with Crippen molar-refractivity contribution in [2.75, 3.05) is 18.1 Å². The van der Waals surface area contributed by atoms with E-state index >= 15 is 0 Å². The molecule has 2 heterocycles. The lowest BCUT2D eigenvalue weighted by molar-refractivity contribution is -0.0967. The van der Waals surface area contributed by atoms with Crippen LogP contribution >= 0.6 is 11.8 Å². The lowest BCUT2D eigenvalue weighted by atomic mass is 9.65. The summed E-state index contributed by atoms with van der Waals surface area (Å²) < 4.78 is 6.16. The van der Waals surface area contributed by atoms with Gasteiger partial charge in [0.2, 0.25) is 0 Å². The molecule has 1 saturated carbocycles. The Bertz CT molecular complexity index is 306. The van der Waals surface area contributed by atoms with Crippen LogP contribution in [0.2, 0.25) is 0 Å². The Balaban J connectivity index is 1.64. The molecule has 2 N–H and O–H groups in total. The van der Waals surface area contributed by atoms with Crippen molar-refractivity contribution in [3.63, 3.8) is 0 Å². The van der Waals surface area contributed by atoms with E-state index in [0.29, 0.717) is 5.92 Å². The highest BCUT2D eigenvalue weighted by molar-refractivity contribution is 7.99. The number of ether oxygens (including phenoxy) is 1. The van der Waals surface area contributed by atoms with Crippen LogP contribution in [0, 0.1) is 11.8 Å². The molecule has 19 heavy (non-hydrogen) atoms. The lowest BCUT2D eigenvalue weighted by Crippen LogP contribution is -2.55. The third kappa shape index (κ3) is 2.84. The van der Waals surface area contributed by atoms with Crippen LogP contribution in [0.4, 0.5) is 0 Å². The zero-order valence-corrected chi connectivity index (χ0v) is 13.1. The largest absolute Gasteiger partial charge is 0.374 e. The Labute approximate surface area is 122 Å². The second kappa shape index (κ2) is 5.57. The molecule has 1 aliphatic carbocycles. The second-order valence-corrected chi connectivity index (χ2v) is 8.21. The van der Waals surface area contributed by atoms with Gasteiger partial charge in [0.05, 0.1) is 5.60 Å². The molecule has 0 aromatic carbocycles. The lowest BCUT2D eigenvalue weighted by Gasteiger charge is -2.48. The molecule has 1 spiro atoms. The summed E-state index contributed by atoms with van der Waals surface area (Å²) in [5, 5.41) is 0. The molecule has 2 atom stereocenters. The van der Waals surface area contributed by atoms with E-state index in [9.17, 15) is 0 Å². The van der Waals surface area contributed by atoms with Crippen LogP contribution in [0.25, 0.3) is 0 Å². The maximum absolute atomic E-state index is 6.84. The number of rotatable bonds is 2. The molecule has 3 rings (SSSR count). The monoisotopic (exact) mass is 283 g/mol. The van der Waals surface area contributed by atoms with Gasteiger partial charge in [0.1, 0.15) is 0 Å². The molecule has 2 saturated heterocycles. The second-order valence-electron chi connectivity index (χ2n) is 7.11. The summed E-state index contributed by atoms with van der Waals surface area (Å²) in [6.45, 7) is 3.27. The van der Waals surface area contributed by atoms with E-state index in [1.54, 1.807) is 0 Å². The van der Waals surface area contributed by atoms with Gasteiger partial charge in [-0.3, -0.25) is 0 Å². The van der Waals surface area contributed by atoms with Gasteiger partial charge in [0.15, 0.2) is 0 Å². The number of thioether (sulfide) groups is 1. The van der Waals surface area contributed by atoms with Crippen molar-refractivity contribution in [3.8, 4) is 0 Å². The average Bonchev–Trinajstić information content (AvgIpc) is 2.88. The summed E-state index contributed by atoms with van der Waals surface area (Å²) in [6.07, 6.45) is 10.2. The van der Waals surface area contributed by atoms with Crippen LogP contribution in [-0.2, 0) is 4.74 Å². The SMILES string of the molecule is CCC1CCC(N)(C2CCOC3(CCSC3)C2)CC1. The van der Waals surface area contributed by atoms with E-state index < -0.39 is 0 Å². The van der Waals surface area contributed by atoms with Crippen LogP contribution < -0.4 is 5.73 Å². The van der Waals surface area contributed by atoms with Crippen LogP contribution in [0.5, 0.6) is 0 Å². The molecule has 0 amide bonds. The fourth-order valence-corrected chi connectivity index (χ4v) is 5.79. The predicted octanol–water partition coefficient (Wildman–Crippen LogP) is 3.59. The Morgan fingerprint density at radius 3 is 2.63 bits per heavy atom. The summed E-state index contributed by atoms with van der Waals surface area (Å²) in [6, 6.07) is 0. The van der Waals surface area contributed by atoms with Crippen LogP contribution in [-0.4, -0.2) is 29.3 Å². The molecule has 2 unspecified atom stereocenters. The van der Waals surface area contributed by atoms with E-state index in [1.165, 1.54) is 62.9 Å². The van der Waals surface area contributed by atoms with Crippen LogP contribution in [0.15, 0.2) is 0 Å². The van der Waals surface area contributed by atoms with Gasteiger partial charge < -0.3 is 10.5 Å². The highest BCUT2D eigenvalue weighted by Gasteiger charge is 2.47. The molecule has 0 radical (unpaired) electrons. The molecule has 110 valence electrons. The third-order valence-electron chi connectivity index (χ3n) is 5.99. The number of hydrogen-bond acceptors (Lipinski definition) is 3. The average molecular weight is 283 g/mol. The first-order valence-electron chi connectivity index (χ1n) is 8.16. The maximum atomic E-state index is 6.84. The topological polar surface area (TPSA) is 35.2 Å². The van der Waals surface area contributed by atoms with Gasteiger partial charge in [-0.05, 0) is 62.5 Å². The number of hydrogen-bond donors (Lipinski definition) is 1. The number of nitrogens with two attached hydrogens (primary N) is 1. The van der Waals surface area contributed by atoms with Gasteiger partial charge in [-0.1, -0.05) is 13.3 Å². The van der Waals surface area contributed by atoms with Gasteiger partial charge in [-0.2, -0.15) is 11.8 Å². The van der Waals surface area contributed by atoms with Crippen molar-refractivity contribution in [3.05, 3.63) is 0 Å². The van der Waals surface area contributed by atoms with E-state index in [2.05, 4.69) is 18.7 Å². The van der Waals surface area contributed by atoms with Crippen molar-refractivity contribution < 1.29 is 4.74 Å². The summed E-state index contributed by atoms with van der Waals surface area (Å²) >= 11 is 2.07. The minimum absolute atomic E-state index is 0.121. The fourth-order valence-electron chi connectivity index (χ4n) is 4.41. The summed E-state index contributed by atoms with van der Waals surface area (Å²) in [5.41, 5.74) is 7.16. The molecule has 3 aliphatic rings. The van der Waals surface area contributed by atoms with E-state index in [0.717, 1.165) is 12.5 Å². The zero-order chi connectivity index (χ0) is 13.3. The van der Waals surface area contributed by atoms with E-state index in [1.807, 2.05) is 0 Å². The van der Waals surface area contributed by atoms with Crippen molar-refractivity contribution >= 4 is 11.8 Å². The normalized spacial score (nSPS) is 47.7. The maximum Gasteiger partial charge on any atom is 0.0783 e. The Morgan fingerprint density at radius 1 is 1.21 bits per heavy atom. The Kier molecular flexibility index (Phi) is 4.17. The van der Waals surface area contributed by atoms with Gasteiger partial charge >= 0.3 is 0 Å². The van der Waals surface area contributed by atoms with Gasteiger partial charge in [-0.15, -0.1) is 0 Å². The standard InChI is InChI=1S/C16H29NOS/c1-2-13-3-6-16(17,7-4-13)14-5-9-18-15(11-14)8-10-19-12-15/h13-14H,2-12,17H2,1H3. The first-order valence-corrected chi connectivity index (χ1v) is 9.32. The first kappa shape index (κ1) is 14.2. The minimum Gasteiger partial charge on any atom is -0.374 e. The van der Waals surface area contributed by atoms with Crippen molar-refractivity contribution in [1.29, 1.82) is 0 Å². The molecule has 0 bridgehead atoms. The van der Waals surface area contributed by atoms with Crippen LogP contribution in [0.3, 0.4) is 0 Å². The molecule has 3 heteroatoms. The Hall–Kier alpha value is 0.270. The predicted molar refractivity (Wildman–Crippen MR) is 82.5 cm³/mol. The molecule has 3 fully saturated rings. The molecular formula is C16H29NOS. The van der Waals surface area contributed by atoms with Gasteiger partial charge in [-0.25, -0.2) is 0 Å². The first-order chi connectivity index (χ1) is 9.16. The highest BCUT2D eigenvalue weighted by atomic mass is 32.2. The smallest absolute Gasteiger partial charge is 0.0783 e. The summed E-state index contributed by atoms with van der Waals surface area (Å²) in [4.78, 5) is 0. The summed E-state index contributed by atoms with van der Waals surface area (Å²) in [5.74, 6) is 4.13. The van der Waals surface area contributed by atoms with E-state index in [-0.39, 0.29) is 11.1 Å². The zero-order valence-electron chi connectivity index (χ0n) is 12.3. The van der Waals surface area contributed by atoms with Gasteiger partial charge in [0, 0.05) is 17.9 Å². The van der Waals surface area contributed by atoms with Crippen molar-refractivity contribution in [2.24, 2.45) is 17.6 Å². The molecule has 0 aromatic rings. The fraction of sp³-hybridized carbons (Fsp3) is 1.00. The van der Waals surface area contributed by atoms with Crippen molar-refractivity contribution in [1.82, 2.24) is 0 Å². The molecule has 0 aromatic heterocycles. The molecule has 2 aliphatic heterocycles. The molecule has 2 nitrogen and oxygen atoms in total. The van der Waals surface area contributed by atoms with E-state index in [4.69, 9.17) is 10.5 Å². The highest BCUT2D eigenvalue weighted by Crippen LogP contribution is 2.47. The quantitative estimate of drug-likeness (QED) is 0.841. The molecular weight excluding hydrogens is 254 g/mol. The third-order valence-corrected chi connectivity index (χ3v) is 7.21. The van der Waals surface area contributed by atoms with Crippen molar-refractivity contribution in [2.45, 2.75) is 69.4 Å².